The first kappa shape index (κ1) is 14.9. The standard InChI is InChI=1S/C14H9ClFNO4/c1-8(18)9-5-6-13(11(16)7-9)21-14-10(15)3-2-4-12(14)17(19)20/h2-7H,1H3. The fraction of sp³-hybridized carbons (Fsp3) is 0.0714. The number of para-hydroxylation sites is 1. The Bertz CT molecular complexity index is 733. The number of hydrogen-bond donors (Lipinski definition) is 0. The fourth-order valence-corrected chi connectivity index (χ4v) is 1.86. The van der Waals surface area contributed by atoms with E-state index in [4.69, 9.17) is 16.3 Å². The average Bonchev–Trinajstić information content (AvgIpc) is 2.42. The SMILES string of the molecule is CC(=O)c1ccc(Oc2c(Cl)cccc2[N+](=O)[O-])c(F)c1. The molecule has 0 spiro atoms. The van der Waals surface area contributed by atoms with Crippen molar-refractivity contribution in [3.63, 3.8) is 0 Å². The number of benzene rings is 2. The van der Waals surface area contributed by atoms with E-state index >= 15 is 0 Å². The molecule has 0 amide bonds. The van der Waals surface area contributed by atoms with Crippen molar-refractivity contribution in [2.24, 2.45) is 0 Å². The molecule has 0 saturated heterocycles. The molecular formula is C14H9ClFNO4. The molecule has 0 bridgehead atoms. The number of halogens is 2. The molecule has 2 rings (SSSR count). The fourth-order valence-electron chi connectivity index (χ4n) is 1.65. The highest BCUT2D eigenvalue weighted by Crippen LogP contribution is 2.38. The van der Waals surface area contributed by atoms with Crippen LogP contribution in [0.25, 0.3) is 0 Å². The van der Waals surface area contributed by atoms with Crippen molar-refractivity contribution in [1.82, 2.24) is 0 Å². The number of carbonyl (C=O) groups is 1. The number of ketones is 1. The minimum absolute atomic E-state index is 0.0146. The van der Waals surface area contributed by atoms with Gasteiger partial charge >= 0.3 is 5.69 Å². The van der Waals surface area contributed by atoms with E-state index in [0.29, 0.717) is 0 Å². The summed E-state index contributed by atoms with van der Waals surface area (Å²) in [4.78, 5) is 21.4. The van der Waals surface area contributed by atoms with Crippen LogP contribution in [0.2, 0.25) is 5.02 Å². The first-order valence-corrected chi connectivity index (χ1v) is 6.19. The lowest BCUT2D eigenvalue weighted by atomic mass is 10.1. The molecule has 0 atom stereocenters. The monoisotopic (exact) mass is 309 g/mol. The van der Waals surface area contributed by atoms with E-state index in [1.807, 2.05) is 0 Å². The van der Waals surface area contributed by atoms with Crippen molar-refractivity contribution in [2.45, 2.75) is 6.92 Å². The molecule has 0 N–H and O–H groups in total. The van der Waals surface area contributed by atoms with Crippen LogP contribution in [-0.2, 0) is 0 Å². The number of rotatable bonds is 4. The van der Waals surface area contributed by atoms with Gasteiger partial charge in [0.05, 0.1) is 9.95 Å². The summed E-state index contributed by atoms with van der Waals surface area (Å²) in [5.41, 5.74) is -0.203. The molecule has 0 saturated carbocycles. The van der Waals surface area contributed by atoms with E-state index < -0.39 is 10.7 Å². The van der Waals surface area contributed by atoms with Crippen LogP contribution in [0.5, 0.6) is 11.5 Å². The highest BCUT2D eigenvalue weighted by molar-refractivity contribution is 6.32. The summed E-state index contributed by atoms with van der Waals surface area (Å²) < 4.78 is 19.1. The highest BCUT2D eigenvalue weighted by Gasteiger charge is 2.20. The van der Waals surface area contributed by atoms with Gasteiger partial charge in [-0.05, 0) is 31.2 Å². The number of nitrogens with zero attached hydrogens (tertiary/aromatic N) is 1. The van der Waals surface area contributed by atoms with Crippen molar-refractivity contribution >= 4 is 23.1 Å². The van der Waals surface area contributed by atoms with Gasteiger partial charge in [0.1, 0.15) is 0 Å². The van der Waals surface area contributed by atoms with Crippen LogP contribution >= 0.6 is 11.6 Å². The Kier molecular flexibility index (Phi) is 4.18. The van der Waals surface area contributed by atoms with Crippen LogP contribution in [0.4, 0.5) is 10.1 Å². The van der Waals surface area contributed by atoms with Gasteiger partial charge in [-0.2, -0.15) is 0 Å². The second kappa shape index (κ2) is 5.88. The van der Waals surface area contributed by atoms with Gasteiger partial charge in [0.15, 0.2) is 17.3 Å². The molecule has 108 valence electrons. The lowest BCUT2D eigenvalue weighted by molar-refractivity contribution is -0.385. The largest absolute Gasteiger partial charge is 0.445 e. The van der Waals surface area contributed by atoms with Crippen LogP contribution in [0.15, 0.2) is 36.4 Å². The second-order valence-electron chi connectivity index (χ2n) is 4.15. The predicted molar refractivity (Wildman–Crippen MR) is 74.6 cm³/mol. The molecule has 0 unspecified atom stereocenters. The number of ether oxygens (including phenoxy) is 1. The van der Waals surface area contributed by atoms with Gasteiger partial charge in [-0.15, -0.1) is 0 Å². The third-order valence-electron chi connectivity index (χ3n) is 2.69. The molecule has 0 radical (unpaired) electrons. The summed E-state index contributed by atoms with van der Waals surface area (Å²) in [5.74, 6) is -1.61. The van der Waals surface area contributed by atoms with Gasteiger partial charge in [0, 0.05) is 11.6 Å². The summed E-state index contributed by atoms with van der Waals surface area (Å²) in [6, 6.07) is 7.57. The van der Waals surface area contributed by atoms with Crippen molar-refractivity contribution in [3.8, 4) is 11.5 Å². The molecule has 0 aliphatic carbocycles. The molecule has 0 heterocycles. The Balaban J connectivity index is 2.44. The normalized spacial score (nSPS) is 10.2. The Labute approximate surface area is 124 Å². The smallest absolute Gasteiger partial charge is 0.313 e. The molecule has 21 heavy (non-hydrogen) atoms. The number of carbonyl (C=O) groups excluding carboxylic acids is 1. The molecule has 0 fully saturated rings. The number of Topliss-reactive ketones (excluding diaryl/α,β-unsaturated/α-hetero) is 1. The second-order valence-corrected chi connectivity index (χ2v) is 4.56. The van der Waals surface area contributed by atoms with Gasteiger partial charge in [0.2, 0.25) is 5.75 Å². The Morgan fingerprint density at radius 1 is 1.33 bits per heavy atom. The average molecular weight is 310 g/mol. The van der Waals surface area contributed by atoms with Gasteiger partial charge < -0.3 is 4.74 Å². The highest BCUT2D eigenvalue weighted by atomic mass is 35.5. The van der Waals surface area contributed by atoms with Crippen molar-refractivity contribution in [1.29, 1.82) is 0 Å². The zero-order chi connectivity index (χ0) is 15.6. The van der Waals surface area contributed by atoms with E-state index in [1.54, 1.807) is 0 Å². The summed E-state index contributed by atoms with van der Waals surface area (Å²) in [6.45, 7) is 1.30. The summed E-state index contributed by atoms with van der Waals surface area (Å²) in [7, 11) is 0. The maximum absolute atomic E-state index is 13.9. The van der Waals surface area contributed by atoms with E-state index in [0.717, 1.165) is 6.07 Å². The molecule has 0 aliphatic rings. The number of hydrogen-bond acceptors (Lipinski definition) is 4. The zero-order valence-electron chi connectivity index (χ0n) is 10.8. The van der Waals surface area contributed by atoms with Gasteiger partial charge in [-0.25, -0.2) is 4.39 Å². The lowest BCUT2D eigenvalue weighted by Gasteiger charge is -2.09. The van der Waals surface area contributed by atoms with Crippen molar-refractivity contribution in [3.05, 3.63) is 62.9 Å². The summed E-state index contributed by atoms with van der Waals surface area (Å²) in [6.07, 6.45) is 0. The first-order chi connectivity index (χ1) is 9.90. The maximum atomic E-state index is 13.9. The van der Waals surface area contributed by atoms with Gasteiger partial charge in [-0.3, -0.25) is 14.9 Å². The lowest BCUT2D eigenvalue weighted by Crippen LogP contribution is -1.98. The number of nitro groups is 1. The quantitative estimate of drug-likeness (QED) is 0.477. The third-order valence-corrected chi connectivity index (χ3v) is 2.99. The Morgan fingerprint density at radius 2 is 2.05 bits per heavy atom. The van der Waals surface area contributed by atoms with Crippen LogP contribution in [0.3, 0.4) is 0 Å². The molecule has 5 nitrogen and oxygen atoms in total. The van der Waals surface area contributed by atoms with Crippen LogP contribution in [0, 0.1) is 15.9 Å². The molecule has 7 heteroatoms. The number of nitro benzene ring substituents is 1. The maximum Gasteiger partial charge on any atom is 0.313 e. The minimum Gasteiger partial charge on any atom is -0.445 e. The predicted octanol–water partition coefficient (Wildman–Crippen LogP) is 4.38. The van der Waals surface area contributed by atoms with E-state index in [1.165, 1.54) is 37.3 Å². The molecular weight excluding hydrogens is 301 g/mol. The van der Waals surface area contributed by atoms with Gasteiger partial charge in [0.25, 0.3) is 0 Å². The Hall–Kier alpha value is -2.47. The first-order valence-electron chi connectivity index (χ1n) is 5.81. The van der Waals surface area contributed by atoms with Crippen LogP contribution in [0.1, 0.15) is 17.3 Å². The minimum atomic E-state index is -0.808. The van der Waals surface area contributed by atoms with Crippen LogP contribution in [-0.4, -0.2) is 10.7 Å². The Morgan fingerprint density at radius 3 is 2.62 bits per heavy atom. The molecule has 0 aromatic heterocycles. The van der Waals surface area contributed by atoms with E-state index in [2.05, 4.69) is 0 Å². The molecule has 0 aliphatic heterocycles. The topological polar surface area (TPSA) is 69.4 Å². The molecule has 2 aromatic rings. The third kappa shape index (κ3) is 3.17. The van der Waals surface area contributed by atoms with E-state index in [-0.39, 0.29) is 33.6 Å². The molecule has 2 aromatic carbocycles. The van der Waals surface area contributed by atoms with E-state index in [9.17, 15) is 19.3 Å². The summed E-state index contributed by atoms with van der Waals surface area (Å²) >= 11 is 5.85. The summed E-state index contributed by atoms with van der Waals surface area (Å²) in [5, 5.41) is 10.9. The van der Waals surface area contributed by atoms with Gasteiger partial charge in [-0.1, -0.05) is 17.7 Å². The van der Waals surface area contributed by atoms with Crippen molar-refractivity contribution < 1.29 is 18.8 Å². The zero-order valence-corrected chi connectivity index (χ0v) is 11.6. The van der Waals surface area contributed by atoms with Crippen LogP contribution < -0.4 is 4.74 Å². The van der Waals surface area contributed by atoms with Crippen molar-refractivity contribution in [2.75, 3.05) is 0 Å².